The fourth-order valence-corrected chi connectivity index (χ4v) is 8.97. The van der Waals surface area contributed by atoms with E-state index in [0.29, 0.717) is 29.7 Å². The second-order valence-electron chi connectivity index (χ2n) is 13.4. The molecule has 0 heterocycles. The average Bonchev–Trinajstić information content (AvgIpc) is 3.27. The first-order valence-electron chi connectivity index (χ1n) is 15.8. The van der Waals surface area contributed by atoms with Gasteiger partial charge in [0, 0.05) is 5.41 Å². The summed E-state index contributed by atoms with van der Waals surface area (Å²) >= 11 is 0. The van der Waals surface area contributed by atoms with Crippen molar-refractivity contribution in [2.24, 2.45) is 33.7 Å². The lowest BCUT2D eigenvalue weighted by molar-refractivity contribution is -0.159. The summed E-state index contributed by atoms with van der Waals surface area (Å²) in [6, 6.07) is 7.36. The number of carbonyl (C=O) groups is 3. The summed E-state index contributed by atoms with van der Waals surface area (Å²) in [5.41, 5.74) is 1.13. The number of Topliss-reactive ketones (excluding diaryl/α,β-unsaturated/α-hetero) is 1. The standard InChI is InChI=1S/C34H46N2O7/c1-5-42-31(40)29(30(39)22-9-7-6-8-10-22)35-28(38)20-43-36-24-13-16-32(3)23(19-24)11-12-25-26(32)14-17-33(4)27(25)15-18-34(33,41)21(2)37/h6-10,19,25-27,29-30,39,41H,5,11-18,20H2,1-4H3,(H,35,38)/b36-24+/t25-,26+,27+,29-,30+,32+,33+,34+/m1/s1. The number of esters is 1. The van der Waals surface area contributed by atoms with Gasteiger partial charge in [-0.25, -0.2) is 4.79 Å². The normalized spacial score (nSPS) is 35.4. The van der Waals surface area contributed by atoms with Crippen LogP contribution in [0.1, 0.15) is 90.7 Å². The van der Waals surface area contributed by atoms with Gasteiger partial charge in [0.15, 0.2) is 18.4 Å². The number of allylic oxidation sites excluding steroid dienone is 2. The molecule has 1 aromatic rings. The number of rotatable bonds is 9. The van der Waals surface area contributed by atoms with Crippen LogP contribution in [0.5, 0.6) is 0 Å². The summed E-state index contributed by atoms with van der Waals surface area (Å²) in [4.78, 5) is 43.2. The predicted molar refractivity (Wildman–Crippen MR) is 161 cm³/mol. The second kappa shape index (κ2) is 12.2. The van der Waals surface area contributed by atoms with Crippen LogP contribution < -0.4 is 5.32 Å². The summed E-state index contributed by atoms with van der Waals surface area (Å²) in [5, 5.41) is 29.0. The van der Waals surface area contributed by atoms with Gasteiger partial charge in [0.05, 0.1) is 12.3 Å². The number of oxime groups is 1. The number of benzene rings is 1. The lowest BCUT2D eigenvalue weighted by Crippen LogP contribution is -2.57. The van der Waals surface area contributed by atoms with Gasteiger partial charge in [-0.15, -0.1) is 0 Å². The van der Waals surface area contributed by atoms with Crippen molar-refractivity contribution in [1.29, 1.82) is 0 Å². The summed E-state index contributed by atoms with van der Waals surface area (Å²) in [6.07, 6.45) is 7.84. The molecular formula is C34H46N2O7. The molecule has 3 fully saturated rings. The number of ketones is 1. The van der Waals surface area contributed by atoms with Crippen LogP contribution in [0.25, 0.3) is 0 Å². The van der Waals surface area contributed by atoms with Crippen LogP contribution in [-0.4, -0.2) is 58.4 Å². The summed E-state index contributed by atoms with van der Waals surface area (Å²) in [6.45, 7) is 7.44. The van der Waals surface area contributed by atoms with E-state index in [2.05, 4.69) is 30.4 Å². The Hall–Kier alpha value is -3.04. The van der Waals surface area contributed by atoms with Crippen molar-refractivity contribution in [3.63, 3.8) is 0 Å². The van der Waals surface area contributed by atoms with Crippen LogP contribution in [0, 0.1) is 28.6 Å². The quantitative estimate of drug-likeness (QED) is 0.285. The van der Waals surface area contributed by atoms with Crippen molar-refractivity contribution < 1.29 is 34.2 Å². The molecule has 0 aliphatic heterocycles. The van der Waals surface area contributed by atoms with Crippen LogP contribution in [-0.2, 0) is 24.0 Å². The molecule has 9 nitrogen and oxygen atoms in total. The number of aliphatic hydroxyl groups excluding tert-OH is 1. The van der Waals surface area contributed by atoms with E-state index in [1.165, 1.54) is 5.57 Å². The van der Waals surface area contributed by atoms with Crippen molar-refractivity contribution in [3.05, 3.63) is 47.5 Å². The fourth-order valence-electron chi connectivity index (χ4n) is 8.97. The Morgan fingerprint density at radius 1 is 1.05 bits per heavy atom. The van der Waals surface area contributed by atoms with Gasteiger partial charge in [-0.1, -0.05) is 54.9 Å². The average molecular weight is 595 g/mol. The van der Waals surface area contributed by atoms with Gasteiger partial charge in [0.25, 0.3) is 5.91 Å². The van der Waals surface area contributed by atoms with Gasteiger partial charge >= 0.3 is 5.97 Å². The first-order chi connectivity index (χ1) is 20.4. The molecule has 9 heteroatoms. The summed E-state index contributed by atoms with van der Waals surface area (Å²) in [7, 11) is 0. The summed E-state index contributed by atoms with van der Waals surface area (Å²) in [5.74, 6) is -0.0466. The minimum Gasteiger partial charge on any atom is -0.464 e. The Morgan fingerprint density at radius 2 is 1.77 bits per heavy atom. The Morgan fingerprint density at radius 3 is 2.47 bits per heavy atom. The third kappa shape index (κ3) is 5.55. The largest absolute Gasteiger partial charge is 0.464 e. The van der Waals surface area contributed by atoms with Crippen molar-refractivity contribution in [3.8, 4) is 0 Å². The highest BCUT2D eigenvalue weighted by molar-refractivity contribution is 5.96. The molecule has 4 aliphatic carbocycles. The molecule has 0 saturated heterocycles. The molecule has 8 atom stereocenters. The Balaban J connectivity index is 1.22. The molecule has 0 unspecified atom stereocenters. The van der Waals surface area contributed by atoms with E-state index in [0.717, 1.165) is 50.7 Å². The first kappa shape index (κ1) is 31.4. The zero-order chi connectivity index (χ0) is 31.0. The topological polar surface area (TPSA) is 135 Å². The molecule has 3 saturated carbocycles. The predicted octanol–water partition coefficient (Wildman–Crippen LogP) is 4.42. The van der Waals surface area contributed by atoms with E-state index in [9.17, 15) is 24.6 Å². The van der Waals surface area contributed by atoms with Crippen LogP contribution in [0.2, 0.25) is 0 Å². The number of nitrogens with zero attached hydrogens (tertiary/aromatic N) is 1. The number of aliphatic hydroxyl groups is 2. The SMILES string of the molecule is CCOC(=O)[C@H](NC(=O)CO/N=C1/C=C2CC[C@@H]3[C@H](CC[C@@]4(C)[C@H]3CC[C@]4(O)C(C)=O)[C@@]2(C)CC1)[C@@H](O)c1ccccc1. The maximum atomic E-state index is 12.7. The summed E-state index contributed by atoms with van der Waals surface area (Å²) < 4.78 is 5.08. The van der Waals surface area contributed by atoms with Crippen LogP contribution in [0.4, 0.5) is 0 Å². The number of ether oxygens (including phenoxy) is 1. The van der Waals surface area contributed by atoms with E-state index >= 15 is 0 Å². The first-order valence-corrected chi connectivity index (χ1v) is 15.8. The molecule has 0 spiro atoms. The number of hydrogen-bond acceptors (Lipinski definition) is 8. The molecular weight excluding hydrogens is 548 g/mol. The molecule has 234 valence electrons. The van der Waals surface area contributed by atoms with Gasteiger partial charge in [-0.2, -0.15) is 0 Å². The number of nitrogens with one attached hydrogen (secondary N) is 1. The molecule has 0 radical (unpaired) electrons. The van der Waals surface area contributed by atoms with E-state index in [-0.39, 0.29) is 23.2 Å². The molecule has 1 amide bonds. The van der Waals surface area contributed by atoms with Gasteiger partial charge in [0.1, 0.15) is 11.7 Å². The highest BCUT2D eigenvalue weighted by Crippen LogP contribution is 2.67. The minimum atomic E-state index is -1.28. The van der Waals surface area contributed by atoms with Crippen molar-refractivity contribution in [2.75, 3.05) is 13.2 Å². The van der Waals surface area contributed by atoms with Crippen molar-refractivity contribution >= 4 is 23.4 Å². The molecule has 0 aromatic heterocycles. The van der Waals surface area contributed by atoms with Crippen molar-refractivity contribution in [1.82, 2.24) is 5.32 Å². The molecule has 3 N–H and O–H groups in total. The van der Waals surface area contributed by atoms with Gasteiger partial charge in [0.2, 0.25) is 0 Å². The van der Waals surface area contributed by atoms with Crippen LogP contribution in [0.15, 0.2) is 47.1 Å². The minimum absolute atomic E-state index is 0.0397. The number of carbonyl (C=O) groups excluding carboxylic acids is 3. The highest BCUT2D eigenvalue weighted by Gasteiger charge is 2.65. The Kier molecular flexibility index (Phi) is 8.87. The van der Waals surface area contributed by atoms with Crippen LogP contribution in [0.3, 0.4) is 0 Å². The monoisotopic (exact) mass is 594 g/mol. The number of hydrogen-bond donors (Lipinski definition) is 3. The van der Waals surface area contributed by atoms with Crippen molar-refractivity contribution in [2.45, 2.75) is 96.8 Å². The number of amides is 1. The van der Waals surface area contributed by atoms with Gasteiger partial charge in [-0.3, -0.25) is 9.59 Å². The maximum absolute atomic E-state index is 12.7. The van der Waals surface area contributed by atoms with Gasteiger partial charge in [-0.05, 0) is 100 Å². The lowest BCUT2D eigenvalue weighted by Gasteiger charge is -2.59. The van der Waals surface area contributed by atoms with E-state index in [4.69, 9.17) is 9.57 Å². The van der Waals surface area contributed by atoms with E-state index in [1.54, 1.807) is 44.2 Å². The Bertz CT molecular complexity index is 1290. The van der Waals surface area contributed by atoms with E-state index in [1.807, 2.05) is 0 Å². The van der Waals surface area contributed by atoms with E-state index < -0.39 is 36.2 Å². The van der Waals surface area contributed by atoms with Crippen LogP contribution >= 0.6 is 0 Å². The molecule has 43 heavy (non-hydrogen) atoms. The number of fused-ring (bicyclic) bond motifs is 5. The fraction of sp³-hybridized carbons (Fsp3) is 0.647. The third-order valence-electron chi connectivity index (χ3n) is 11.4. The third-order valence-corrected chi connectivity index (χ3v) is 11.4. The molecule has 4 aliphatic rings. The molecule has 0 bridgehead atoms. The zero-order valence-electron chi connectivity index (χ0n) is 25.8. The Labute approximate surface area is 254 Å². The second-order valence-corrected chi connectivity index (χ2v) is 13.4. The smallest absolute Gasteiger partial charge is 0.331 e. The molecule has 5 rings (SSSR count). The lowest BCUT2D eigenvalue weighted by atomic mass is 9.46. The molecule has 1 aromatic carbocycles. The maximum Gasteiger partial charge on any atom is 0.331 e. The zero-order valence-corrected chi connectivity index (χ0v) is 25.8. The van der Waals surface area contributed by atoms with Gasteiger partial charge < -0.3 is 25.1 Å². The highest BCUT2D eigenvalue weighted by atomic mass is 16.6.